The predicted molar refractivity (Wildman–Crippen MR) is 91.4 cm³/mol. The van der Waals surface area contributed by atoms with Gasteiger partial charge in [0.15, 0.2) is 0 Å². The minimum absolute atomic E-state index is 0.00249. The molecule has 23 heavy (non-hydrogen) atoms. The fourth-order valence-corrected chi connectivity index (χ4v) is 2.85. The molecule has 0 spiro atoms. The van der Waals surface area contributed by atoms with E-state index in [1.807, 2.05) is 62.4 Å². The number of nitrogens with one attached hydrogen (secondary N) is 1. The maximum absolute atomic E-state index is 12.5. The molecule has 1 aliphatic heterocycles. The maximum Gasteiger partial charge on any atom is 0.229 e. The van der Waals surface area contributed by atoms with Crippen LogP contribution in [0.3, 0.4) is 0 Å². The fourth-order valence-electron chi connectivity index (χ4n) is 2.85. The van der Waals surface area contributed by atoms with E-state index < -0.39 is 0 Å². The second-order valence-electron chi connectivity index (χ2n) is 6.05. The Morgan fingerprint density at radius 1 is 1.13 bits per heavy atom. The van der Waals surface area contributed by atoms with E-state index in [2.05, 4.69) is 5.32 Å². The highest BCUT2D eigenvalue weighted by Gasteiger charge is 2.35. The van der Waals surface area contributed by atoms with Crippen LogP contribution in [0.15, 0.2) is 48.5 Å². The molecule has 2 aromatic rings. The molecule has 1 fully saturated rings. The van der Waals surface area contributed by atoms with Gasteiger partial charge in [0.05, 0.1) is 5.92 Å². The number of benzene rings is 2. The van der Waals surface area contributed by atoms with Crippen LogP contribution in [0.4, 0.5) is 11.4 Å². The lowest BCUT2D eigenvalue weighted by atomic mass is 10.1. The van der Waals surface area contributed by atoms with E-state index in [0.29, 0.717) is 6.54 Å². The van der Waals surface area contributed by atoms with E-state index in [0.717, 1.165) is 22.5 Å². The first-order valence-corrected chi connectivity index (χ1v) is 7.78. The Labute approximate surface area is 136 Å². The summed E-state index contributed by atoms with van der Waals surface area (Å²) in [5, 5.41) is 2.97. The average Bonchev–Trinajstić information content (AvgIpc) is 2.94. The summed E-state index contributed by atoms with van der Waals surface area (Å²) in [7, 11) is 0. The summed E-state index contributed by atoms with van der Waals surface area (Å²) in [6, 6.07) is 15.4. The van der Waals surface area contributed by atoms with Gasteiger partial charge in [0, 0.05) is 24.3 Å². The molecular formula is C19H20N2O2. The molecule has 1 heterocycles. The van der Waals surface area contributed by atoms with Crippen molar-refractivity contribution >= 4 is 23.2 Å². The van der Waals surface area contributed by atoms with Crippen LogP contribution in [0.25, 0.3) is 0 Å². The number of nitrogens with zero attached hydrogens (tertiary/aromatic N) is 1. The zero-order valence-electron chi connectivity index (χ0n) is 13.4. The van der Waals surface area contributed by atoms with Gasteiger partial charge in [-0.15, -0.1) is 0 Å². The molecule has 0 aliphatic carbocycles. The maximum atomic E-state index is 12.5. The van der Waals surface area contributed by atoms with Crippen molar-refractivity contribution in [3.8, 4) is 0 Å². The Morgan fingerprint density at radius 2 is 1.87 bits per heavy atom. The number of rotatable bonds is 3. The molecule has 0 bridgehead atoms. The van der Waals surface area contributed by atoms with Gasteiger partial charge in [-0.3, -0.25) is 9.59 Å². The number of carbonyl (C=O) groups is 2. The lowest BCUT2D eigenvalue weighted by molar-refractivity contribution is -0.122. The lowest BCUT2D eigenvalue weighted by Gasteiger charge is -2.17. The van der Waals surface area contributed by atoms with Gasteiger partial charge in [-0.05, 0) is 43.2 Å². The van der Waals surface area contributed by atoms with Gasteiger partial charge < -0.3 is 10.2 Å². The Bertz CT molecular complexity index is 740. The molecule has 1 saturated heterocycles. The highest BCUT2D eigenvalue weighted by Crippen LogP contribution is 2.26. The summed E-state index contributed by atoms with van der Waals surface area (Å²) in [6.07, 6.45) is 0.256. The van der Waals surface area contributed by atoms with Crippen molar-refractivity contribution in [1.29, 1.82) is 0 Å². The number of amides is 2. The number of hydrogen-bond acceptors (Lipinski definition) is 2. The summed E-state index contributed by atoms with van der Waals surface area (Å²) >= 11 is 0. The molecule has 1 N–H and O–H groups in total. The quantitative estimate of drug-likeness (QED) is 0.946. The van der Waals surface area contributed by atoms with Crippen molar-refractivity contribution in [2.75, 3.05) is 16.8 Å². The Hall–Kier alpha value is -2.62. The van der Waals surface area contributed by atoms with Crippen LogP contribution in [-0.4, -0.2) is 18.4 Å². The first-order valence-electron chi connectivity index (χ1n) is 7.78. The average molecular weight is 308 g/mol. The van der Waals surface area contributed by atoms with E-state index in [-0.39, 0.29) is 24.2 Å². The summed E-state index contributed by atoms with van der Waals surface area (Å²) in [5.41, 5.74) is 3.78. The van der Waals surface area contributed by atoms with Gasteiger partial charge >= 0.3 is 0 Å². The second kappa shape index (κ2) is 6.24. The Kier molecular flexibility index (Phi) is 4.15. The Balaban J connectivity index is 1.72. The van der Waals surface area contributed by atoms with Gasteiger partial charge in [0.25, 0.3) is 0 Å². The number of anilines is 2. The molecule has 118 valence electrons. The van der Waals surface area contributed by atoms with E-state index in [1.54, 1.807) is 4.90 Å². The summed E-state index contributed by atoms with van der Waals surface area (Å²) in [4.78, 5) is 26.4. The van der Waals surface area contributed by atoms with Gasteiger partial charge in [-0.25, -0.2) is 0 Å². The molecule has 2 aromatic carbocycles. The summed E-state index contributed by atoms with van der Waals surface area (Å²) < 4.78 is 0. The summed E-state index contributed by atoms with van der Waals surface area (Å²) in [5.74, 6) is -0.412. The first kappa shape index (κ1) is 15.3. The third-order valence-electron chi connectivity index (χ3n) is 4.21. The molecule has 0 radical (unpaired) electrons. The van der Waals surface area contributed by atoms with Crippen LogP contribution in [0.2, 0.25) is 0 Å². The number of carbonyl (C=O) groups excluding carboxylic acids is 2. The van der Waals surface area contributed by atoms with Crippen molar-refractivity contribution in [2.24, 2.45) is 5.92 Å². The predicted octanol–water partition coefficient (Wildman–Crippen LogP) is 3.30. The van der Waals surface area contributed by atoms with E-state index >= 15 is 0 Å². The largest absolute Gasteiger partial charge is 0.326 e. The molecule has 4 nitrogen and oxygen atoms in total. The van der Waals surface area contributed by atoms with Crippen molar-refractivity contribution in [1.82, 2.24) is 0 Å². The van der Waals surface area contributed by atoms with Crippen molar-refractivity contribution in [2.45, 2.75) is 20.3 Å². The number of para-hydroxylation sites is 1. The van der Waals surface area contributed by atoms with E-state index in [4.69, 9.17) is 0 Å². The van der Waals surface area contributed by atoms with Crippen molar-refractivity contribution in [3.05, 3.63) is 59.7 Å². The molecule has 1 atom stereocenters. The van der Waals surface area contributed by atoms with Crippen molar-refractivity contribution in [3.63, 3.8) is 0 Å². The zero-order valence-corrected chi connectivity index (χ0v) is 13.4. The monoisotopic (exact) mass is 308 g/mol. The van der Waals surface area contributed by atoms with Crippen LogP contribution < -0.4 is 10.2 Å². The minimum atomic E-state index is -0.317. The standard InChI is InChI=1S/C19H20N2O2/c1-13-8-9-14(2)17(10-13)20-19(23)15-11-18(22)21(12-15)16-6-4-3-5-7-16/h3-10,15H,11-12H2,1-2H3,(H,20,23)/t15-/m0/s1. The molecule has 2 amide bonds. The number of hydrogen-bond donors (Lipinski definition) is 1. The topological polar surface area (TPSA) is 49.4 Å². The highest BCUT2D eigenvalue weighted by molar-refractivity contribution is 6.03. The molecule has 4 heteroatoms. The number of aryl methyl sites for hydroxylation is 2. The van der Waals surface area contributed by atoms with E-state index in [1.165, 1.54) is 0 Å². The van der Waals surface area contributed by atoms with Crippen LogP contribution in [0.5, 0.6) is 0 Å². The van der Waals surface area contributed by atoms with Gasteiger partial charge in [-0.1, -0.05) is 30.3 Å². The Morgan fingerprint density at radius 3 is 2.61 bits per heavy atom. The first-order chi connectivity index (χ1) is 11.0. The highest BCUT2D eigenvalue weighted by atomic mass is 16.2. The van der Waals surface area contributed by atoms with Crippen LogP contribution in [0.1, 0.15) is 17.5 Å². The van der Waals surface area contributed by atoms with Gasteiger partial charge in [-0.2, -0.15) is 0 Å². The van der Waals surface area contributed by atoms with Crippen LogP contribution in [0, 0.1) is 19.8 Å². The molecule has 3 rings (SSSR count). The molecule has 0 saturated carbocycles. The molecule has 0 unspecified atom stereocenters. The molecule has 0 aromatic heterocycles. The third kappa shape index (κ3) is 3.26. The second-order valence-corrected chi connectivity index (χ2v) is 6.05. The smallest absolute Gasteiger partial charge is 0.229 e. The van der Waals surface area contributed by atoms with Crippen LogP contribution >= 0.6 is 0 Å². The van der Waals surface area contributed by atoms with Crippen LogP contribution in [-0.2, 0) is 9.59 Å². The summed E-state index contributed by atoms with van der Waals surface area (Å²) in [6.45, 7) is 4.38. The normalized spacial score (nSPS) is 17.4. The van der Waals surface area contributed by atoms with Gasteiger partial charge in [0.1, 0.15) is 0 Å². The molecular weight excluding hydrogens is 288 g/mol. The van der Waals surface area contributed by atoms with E-state index in [9.17, 15) is 9.59 Å². The van der Waals surface area contributed by atoms with Crippen molar-refractivity contribution < 1.29 is 9.59 Å². The van der Waals surface area contributed by atoms with Gasteiger partial charge in [0.2, 0.25) is 11.8 Å². The third-order valence-corrected chi connectivity index (χ3v) is 4.21. The minimum Gasteiger partial charge on any atom is -0.326 e. The molecule has 1 aliphatic rings. The fraction of sp³-hybridized carbons (Fsp3) is 0.263. The zero-order chi connectivity index (χ0) is 16.4. The SMILES string of the molecule is Cc1ccc(C)c(NC(=O)[C@H]2CC(=O)N(c3ccccc3)C2)c1. The lowest BCUT2D eigenvalue weighted by Crippen LogP contribution is -2.28.